The molecule has 1 saturated heterocycles. The largest absolute Gasteiger partial charge is 0.465 e. The van der Waals surface area contributed by atoms with Crippen LogP contribution in [0.1, 0.15) is 48.9 Å². The topological polar surface area (TPSA) is 67.3 Å². The summed E-state index contributed by atoms with van der Waals surface area (Å²) in [6, 6.07) is 5.80. The van der Waals surface area contributed by atoms with Crippen LogP contribution in [0.3, 0.4) is 0 Å². The van der Waals surface area contributed by atoms with Crippen molar-refractivity contribution in [1.82, 2.24) is 10.2 Å². The van der Waals surface area contributed by atoms with Crippen molar-refractivity contribution in [3.63, 3.8) is 0 Å². The van der Waals surface area contributed by atoms with E-state index in [1.54, 1.807) is 0 Å². The zero-order chi connectivity index (χ0) is 20.9. The summed E-state index contributed by atoms with van der Waals surface area (Å²) in [5.74, 6) is -2.91. The van der Waals surface area contributed by atoms with Crippen LogP contribution in [0.15, 0.2) is 18.2 Å². The highest BCUT2D eigenvalue weighted by molar-refractivity contribution is 14.1. The molecule has 5 rings (SSSR count). The van der Waals surface area contributed by atoms with E-state index in [4.69, 9.17) is 4.74 Å². The molecule has 0 radical (unpaired) electrons. The minimum absolute atomic E-state index is 0.194. The van der Waals surface area contributed by atoms with Crippen molar-refractivity contribution >= 4 is 50.7 Å². The molecule has 0 unspecified atom stereocenters. The van der Waals surface area contributed by atoms with E-state index in [0.717, 1.165) is 33.7 Å². The molecule has 0 bridgehead atoms. The third-order valence-electron chi connectivity index (χ3n) is 6.27. The number of alkyl halides is 2. The number of benzene rings is 1. The van der Waals surface area contributed by atoms with Crippen LogP contribution in [0.5, 0.6) is 5.19 Å². The van der Waals surface area contributed by atoms with Gasteiger partial charge in [-0.25, -0.2) is 8.78 Å². The normalized spacial score (nSPS) is 21.9. The molecule has 10 heteroatoms. The van der Waals surface area contributed by atoms with Crippen molar-refractivity contribution in [2.45, 2.75) is 50.6 Å². The molecule has 3 aliphatic rings. The van der Waals surface area contributed by atoms with Gasteiger partial charge in [-0.3, -0.25) is 10.1 Å². The first kappa shape index (κ1) is 20.3. The van der Waals surface area contributed by atoms with Gasteiger partial charge in [-0.05, 0) is 83.2 Å². The lowest BCUT2D eigenvalue weighted by atomic mass is 9.91. The maximum Gasteiger partial charge on any atom is 0.296 e. The first-order chi connectivity index (χ1) is 14.3. The third kappa shape index (κ3) is 4.25. The molecule has 1 aliphatic heterocycles. The summed E-state index contributed by atoms with van der Waals surface area (Å²) in [5, 5.41) is 11.0. The SMILES string of the molecule is O=C(Nc1nnc(OC2CC(F)(F)C2)s1)c1ccc(I)cc1N1CCC2(CC1)CC2. The molecular formula is C20H21F2IN4O2S. The molecule has 1 N–H and O–H groups in total. The predicted octanol–water partition coefficient (Wildman–Crippen LogP) is 4.95. The summed E-state index contributed by atoms with van der Waals surface area (Å²) < 4.78 is 32.4. The number of halogens is 3. The fraction of sp³-hybridized carbons (Fsp3) is 0.550. The summed E-state index contributed by atoms with van der Waals surface area (Å²) in [6.07, 6.45) is 3.86. The first-order valence-electron chi connectivity index (χ1n) is 10.0. The number of nitrogens with zero attached hydrogens (tertiary/aromatic N) is 3. The molecule has 1 spiro atoms. The minimum Gasteiger partial charge on any atom is -0.465 e. The van der Waals surface area contributed by atoms with E-state index in [1.807, 2.05) is 18.2 Å². The number of hydrogen-bond donors (Lipinski definition) is 1. The van der Waals surface area contributed by atoms with Crippen LogP contribution in [0.25, 0.3) is 0 Å². The van der Waals surface area contributed by atoms with E-state index in [1.165, 1.54) is 25.7 Å². The van der Waals surface area contributed by atoms with Crippen LogP contribution >= 0.6 is 33.9 Å². The van der Waals surface area contributed by atoms with Crippen molar-refractivity contribution in [3.8, 4) is 5.19 Å². The van der Waals surface area contributed by atoms with Crippen LogP contribution in [-0.2, 0) is 0 Å². The Balaban J connectivity index is 1.26. The summed E-state index contributed by atoms with van der Waals surface area (Å²) in [7, 11) is 0. The van der Waals surface area contributed by atoms with Crippen LogP contribution < -0.4 is 15.0 Å². The first-order valence-corrected chi connectivity index (χ1v) is 11.9. The number of anilines is 2. The number of rotatable bonds is 5. The van der Waals surface area contributed by atoms with Gasteiger partial charge >= 0.3 is 0 Å². The van der Waals surface area contributed by atoms with Crippen molar-refractivity contribution < 1.29 is 18.3 Å². The van der Waals surface area contributed by atoms with Crippen molar-refractivity contribution in [2.75, 3.05) is 23.3 Å². The lowest BCUT2D eigenvalue weighted by Gasteiger charge is -2.35. The number of aromatic nitrogens is 2. The number of carbonyl (C=O) groups is 1. The summed E-state index contributed by atoms with van der Waals surface area (Å²) >= 11 is 3.31. The van der Waals surface area contributed by atoms with E-state index in [0.29, 0.717) is 16.1 Å². The Labute approximate surface area is 190 Å². The van der Waals surface area contributed by atoms with Gasteiger partial charge in [0.15, 0.2) is 0 Å². The zero-order valence-electron chi connectivity index (χ0n) is 16.2. The van der Waals surface area contributed by atoms with Crippen LogP contribution in [0.2, 0.25) is 0 Å². The van der Waals surface area contributed by atoms with Gasteiger partial charge in [0.2, 0.25) is 5.13 Å². The number of piperidine rings is 1. The predicted molar refractivity (Wildman–Crippen MR) is 119 cm³/mol. The second-order valence-electron chi connectivity index (χ2n) is 8.48. The van der Waals surface area contributed by atoms with E-state index in [9.17, 15) is 13.6 Å². The molecule has 1 aromatic carbocycles. The Morgan fingerprint density at radius 2 is 1.93 bits per heavy atom. The lowest BCUT2D eigenvalue weighted by molar-refractivity contribution is -0.134. The van der Waals surface area contributed by atoms with E-state index >= 15 is 0 Å². The number of nitrogens with one attached hydrogen (secondary N) is 1. The summed E-state index contributed by atoms with van der Waals surface area (Å²) in [4.78, 5) is 15.3. The fourth-order valence-corrected chi connectivity index (χ4v) is 5.29. The highest BCUT2D eigenvalue weighted by atomic mass is 127. The van der Waals surface area contributed by atoms with Gasteiger partial charge in [-0.2, -0.15) is 0 Å². The summed E-state index contributed by atoms with van der Waals surface area (Å²) in [5.41, 5.74) is 2.10. The van der Waals surface area contributed by atoms with E-state index in [2.05, 4.69) is 43.0 Å². The van der Waals surface area contributed by atoms with Gasteiger partial charge in [0.1, 0.15) is 6.10 Å². The van der Waals surface area contributed by atoms with Crippen molar-refractivity contribution in [2.24, 2.45) is 5.41 Å². The number of ether oxygens (including phenoxy) is 1. The average Bonchev–Trinajstić information content (AvgIpc) is 3.28. The Hall–Kier alpha value is -1.56. The Bertz CT molecular complexity index is 963. The minimum atomic E-state index is -2.65. The van der Waals surface area contributed by atoms with Gasteiger partial charge < -0.3 is 9.64 Å². The zero-order valence-corrected chi connectivity index (χ0v) is 19.1. The molecule has 2 aliphatic carbocycles. The van der Waals surface area contributed by atoms with Gasteiger partial charge in [0.05, 0.1) is 11.3 Å². The Kier molecular flexibility index (Phi) is 5.11. The monoisotopic (exact) mass is 546 g/mol. The lowest BCUT2D eigenvalue weighted by Crippen LogP contribution is -2.43. The highest BCUT2D eigenvalue weighted by Crippen LogP contribution is 2.54. The maximum absolute atomic E-state index is 13.0. The number of amides is 1. The standard InChI is InChI=1S/C20H21F2IN4O2S/c21-20(22)10-13(11-20)29-18-26-25-17(30-18)24-16(28)14-2-1-12(23)9-15(14)27-7-5-19(3-4-19)6-8-27/h1-2,9,13H,3-8,10-11H2,(H,24,25,28). The average molecular weight is 546 g/mol. The quantitative estimate of drug-likeness (QED) is 0.538. The van der Waals surface area contributed by atoms with E-state index < -0.39 is 12.0 Å². The van der Waals surface area contributed by atoms with Crippen LogP contribution in [0.4, 0.5) is 19.6 Å². The molecule has 1 amide bonds. The van der Waals surface area contributed by atoms with Gasteiger partial charge in [-0.15, -0.1) is 5.10 Å². The number of carbonyl (C=O) groups excluding carboxylic acids is 1. The molecule has 1 aromatic heterocycles. The second-order valence-corrected chi connectivity index (χ2v) is 10.7. The molecule has 160 valence electrons. The maximum atomic E-state index is 13.0. The molecule has 2 saturated carbocycles. The highest BCUT2D eigenvalue weighted by Gasteiger charge is 2.47. The van der Waals surface area contributed by atoms with Crippen LogP contribution in [-0.4, -0.2) is 41.2 Å². The molecular weight excluding hydrogens is 525 g/mol. The fourth-order valence-electron chi connectivity index (χ4n) is 4.16. The molecule has 30 heavy (non-hydrogen) atoms. The van der Waals surface area contributed by atoms with Crippen LogP contribution in [0, 0.1) is 8.99 Å². The van der Waals surface area contributed by atoms with Gasteiger partial charge in [0, 0.05) is 29.5 Å². The molecule has 0 atom stereocenters. The Morgan fingerprint density at radius 3 is 2.60 bits per heavy atom. The summed E-state index contributed by atoms with van der Waals surface area (Å²) in [6.45, 7) is 1.92. The van der Waals surface area contributed by atoms with Gasteiger partial charge in [-0.1, -0.05) is 5.10 Å². The van der Waals surface area contributed by atoms with Crippen molar-refractivity contribution in [1.29, 1.82) is 0 Å². The third-order valence-corrected chi connectivity index (χ3v) is 7.67. The molecule has 2 heterocycles. The molecule has 2 aromatic rings. The second kappa shape index (κ2) is 7.54. The Morgan fingerprint density at radius 1 is 1.20 bits per heavy atom. The van der Waals surface area contributed by atoms with Gasteiger partial charge in [0.25, 0.3) is 17.0 Å². The molecule has 3 fully saturated rings. The number of hydrogen-bond acceptors (Lipinski definition) is 6. The smallest absolute Gasteiger partial charge is 0.296 e. The van der Waals surface area contributed by atoms with E-state index in [-0.39, 0.29) is 23.9 Å². The molecule has 6 nitrogen and oxygen atoms in total. The van der Waals surface area contributed by atoms with Crippen molar-refractivity contribution in [3.05, 3.63) is 27.3 Å².